The maximum Gasteiger partial charge on any atom is 0.188 e. The Labute approximate surface area is 78.3 Å². The molecular formula is C7H15N3O2S. The van der Waals surface area contributed by atoms with Crippen LogP contribution in [0, 0.1) is 0 Å². The van der Waals surface area contributed by atoms with E-state index in [1.165, 1.54) is 6.26 Å². The minimum absolute atomic E-state index is 0.0556. The number of guanidine groups is 1. The molecule has 6 heteroatoms. The van der Waals surface area contributed by atoms with Crippen molar-refractivity contribution in [3.05, 3.63) is 0 Å². The Morgan fingerprint density at radius 3 is 2.69 bits per heavy atom. The van der Waals surface area contributed by atoms with Crippen LogP contribution in [0.1, 0.15) is 12.8 Å². The van der Waals surface area contributed by atoms with E-state index < -0.39 is 9.84 Å². The van der Waals surface area contributed by atoms with Crippen LogP contribution in [0.25, 0.3) is 0 Å². The molecule has 0 aromatic rings. The Balaban J connectivity index is 2.21. The molecule has 0 aliphatic heterocycles. The number of hydrogen-bond acceptors (Lipinski definition) is 3. The monoisotopic (exact) mass is 205 g/mol. The lowest BCUT2D eigenvalue weighted by atomic mass is 10.7. The fourth-order valence-corrected chi connectivity index (χ4v) is 1.24. The van der Waals surface area contributed by atoms with Crippen molar-refractivity contribution in [2.24, 2.45) is 10.7 Å². The molecule has 0 aromatic carbocycles. The van der Waals surface area contributed by atoms with Crippen molar-refractivity contribution in [1.82, 2.24) is 5.32 Å². The van der Waals surface area contributed by atoms with Crippen molar-refractivity contribution in [1.29, 1.82) is 0 Å². The molecular weight excluding hydrogens is 190 g/mol. The standard InChI is InChI=1S/C7H15N3O2S/c1-13(11,12)5-4-9-7(8)10-6-2-3-6/h6H,2-5H2,1H3,(H3,8,9,10). The number of aliphatic imine (C=N–C) groups is 1. The number of nitrogens with two attached hydrogens (primary N) is 1. The summed E-state index contributed by atoms with van der Waals surface area (Å²) >= 11 is 0. The summed E-state index contributed by atoms with van der Waals surface area (Å²) in [6.07, 6.45) is 3.44. The average Bonchev–Trinajstić information content (AvgIpc) is 2.68. The van der Waals surface area contributed by atoms with Gasteiger partial charge in [0.1, 0.15) is 9.84 Å². The molecule has 0 radical (unpaired) electrons. The molecule has 1 saturated carbocycles. The van der Waals surface area contributed by atoms with Gasteiger partial charge in [0.2, 0.25) is 0 Å². The van der Waals surface area contributed by atoms with Crippen molar-refractivity contribution in [3.8, 4) is 0 Å². The van der Waals surface area contributed by atoms with Crippen LogP contribution in [0.15, 0.2) is 4.99 Å². The molecule has 3 N–H and O–H groups in total. The number of nitrogens with one attached hydrogen (secondary N) is 1. The van der Waals surface area contributed by atoms with Gasteiger partial charge >= 0.3 is 0 Å². The van der Waals surface area contributed by atoms with E-state index in [0.29, 0.717) is 12.0 Å². The van der Waals surface area contributed by atoms with Crippen LogP contribution >= 0.6 is 0 Å². The van der Waals surface area contributed by atoms with Crippen molar-refractivity contribution in [2.75, 3.05) is 18.6 Å². The Hall–Kier alpha value is -0.780. The molecule has 13 heavy (non-hydrogen) atoms. The summed E-state index contributed by atoms with van der Waals surface area (Å²) in [6, 6.07) is 0.460. The summed E-state index contributed by atoms with van der Waals surface area (Å²) in [7, 11) is -2.92. The van der Waals surface area contributed by atoms with Gasteiger partial charge in [-0.1, -0.05) is 0 Å². The smallest absolute Gasteiger partial charge is 0.188 e. The Bertz CT molecular complexity index is 293. The third kappa shape index (κ3) is 5.46. The van der Waals surface area contributed by atoms with Gasteiger partial charge in [-0.15, -0.1) is 0 Å². The van der Waals surface area contributed by atoms with Crippen LogP contribution in [0.5, 0.6) is 0 Å². The van der Waals surface area contributed by atoms with E-state index in [9.17, 15) is 8.42 Å². The first-order chi connectivity index (χ1) is 5.97. The second-order valence-electron chi connectivity index (χ2n) is 3.32. The van der Waals surface area contributed by atoms with Crippen molar-refractivity contribution >= 4 is 15.8 Å². The first kappa shape index (κ1) is 10.3. The Morgan fingerprint density at radius 1 is 1.62 bits per heavy atom. The molecule has 0 unspecified atom stereocenters. The van der Waals surface area contributed by atoms with Crippen LogP contribution in [0.4, 0.5) is 0 Å². The lowest BCUT2D eigenvalue weighted by Crippen LogP contribution is -2.33. The molecule has 1 fully saturated rings. The highest BCUT2D eigenvalue weighted by atomic mass is 32.2. The van der Waals surface area contributed by atoms with E-state index in [2.05, 4.69) is 10.3 Å². The molecule has 0 saturated heterocycles. The van der Waals surface area contributed by atoms with Crippen LogP contribution in [0.2, 0.25) is 0 Å². The van der Waals surface area contributed by atoms with Crippen LogP contribution in [-0.4, -0.2) is 39.0 Å². The van der Waals surface area contributed by atoms with Gasteiger partial charge in [0.25, 0.3) is 0 Å². The normalized spacial score (nSPS) is 18.7. The molecule has 5 nitrogen and oxygen atoms in total. The second kappa shape index (κ2) is 3.95. The van der Waals surface area contributed by atoms with E-state index in [0.717, 1.165) is 12.8 Å². The molecule has 0 amide bonds. The van der Waals surface area contributed by atoms with E-state index in [1.54, 1.807) is 0 Å². The second-order valence-corrected chi connectivity index (χ2v) is 5.58. The first-order valence-electron chi connectivity index (χ1n) is 4.21. The summed E-state index contributed by atoms with van der Waals surface area (Å²) in [5.41, 5.74) is 5.49. The zero-order valence-electron chi connectivity index (χ0n) is 7.66. The van der Waals surface area contributed by atoms with Gasteiger partial charge in [-0.2, -0.15) is 0 Å². The minimum atomic E-state index is -2.92. The largest absolute Gasteiger partial charge is 0.370 e. The topological polar surface area (TPSA) is 84.5 Å². The van der Waals surface area contributed by atoms with Crippen molar-refractivity contribution in [2.45, 2.75) is 18.9 Å². The van der Waals surface area contributed by atoms with Crippen LogP contribution < -0.4 is 11.1 Å². The minimum Gasteiger partial charge on any atom is -0.370 e. The third-order valence-corrected chi connectivity index (χ3v) is 2.60. The van der Waals surface area contributed by atoms with Crippen LogP contribution in [-0.2, 0) is 9.84 Å². The van der Waals surface area contributed by atoms with E-state index in [1.807, 2.05) is 0 Å². The maximum absolute atomic E-state index is 10.7. The summed E-state index contributed by atoms with van der Waals surface area (Å²) in [4.78, 5) is 3.89. The van der Waals surface area contributed by atoms with Gasteiger partial charge in [-0.25, -0.2) is 8.42 Å². The molecule has 0 atom stereocenters. The van der Waals surface area contributed by atoms with Crippen molar-refractivity contribution in [3.63, 3.8) is 0 Å². The first-order valence-corrected chi connectivity index (χ1v) is 6.27. The summed E-state index contributed by atoms with van der Waals surface area (Å²) < 4.78 is 21.4. The predicted octanol–water partition coefficient (Wildman–Crippen LogP) is -0.902. The molecule has 0 bridgehead atoms. The Kier molecular flexibility index (Phi) is 3.13. The fraction of sp³-hybridized carbons (Fsp3) is 0.857. The average molecular weight is 205 g/mol. The van der Waals surface area contributed by atoms with E-state index >= 15 is 0 Å². The van der Waals surface area contributed by atoms with Gasteiger partial charge in [0.05, 0.1) is 12.3 Å². The lowest BCUT2D eigenvalue weighted by Gasteiger charge is -2.01. The maximum atomic E-state index is 10.7. The van der Waals surface area contributed by atoms with Gasteiger partial charge in [0, 0.05) is 12.3 Å². The highest BCUT2D eigenvalue weighted by Gasteiger charge is 2.21. The molecule has 0 spiro atoms. The zero-order chi connectivity index (χ0) is 9.90. The summed E-state index contributed by atoms with van der Waals surface area (Å²) in [6.45, 7) is 0.240. The highest BCUT2D eigenvalue weighted by Crippen LogP contribution is 2.17. The molecule has 1 aliphatic rings. The SMILES string of the molecule is CS(=O)(=O)CCN=C(N)NC1CC1. The van der Waals surface area contributed by atoms with Gasteiger partial charge in [-0.05, 0) is 12.8 Å². The lowest BCUT2D eigenvalue weighted by molar-refractivity contribution is 0.601. The quantitative estimate of drug-likeness (QED) is 0.460. The number of sulfone groups is 1. The highest BCUT2D eigenvalue weighted by molar-refractivity contribution is 7.90. The number of rotatable bonds is 4. The Morgan fingerprint density at radius 2 is 2.23 bits per heavy atom. The number of nitrogens with zero attached hydrogens (tertiary/aromatic N) is 1. The molecule has 1 aliphatic carbocycles. The third-order valence-electron chi connectivity index (χ3n) is 1.67. The number of hydrogen-bond donors (Lipinski definition) is 2. The van der Waals surface area contributed by atoms with Gasteiger partial charge < -0.3 is 11.1 Å². The zero-order valence-corrected chi connectivity index (χ0v) is 8.47. The molecule has 76 valence electrons. The fourth-order valence-electron chi connectivity index (χ4n) is 0.814. The molecule has 0 heterocycles. The molecule has 0 aromatic heterocycles. The van der Waals surface area contributed by atoms with E-state index in [-0.39, 0.29) is 12.3 Å². The van der Waals surface area contributed by atoms with Gasteiger partial charge in [0.15, 0.2) is 5.96 Å². The predicted molar refractivity (Wildman–Crippen MR) is 52.4 cm³/mol. The van der Waals surface area contributed by atoms with E-state index in [4.69, 9.17) is 5.73 Å². The summed E-state index contributed by atoms with van der Waals surface area (Å²) in [5, 5.41) is 2.97. The molecule has 1 rings (SSSR count). The summed E-state index contributed by atoms with van der Waals surface area (Å²) in [5.74, 6) is 0.409. The van der Waals surface area contributed by atoms with Gasteiger partial charge in [-0.3, -0.25) is 4.99 Å². The van der Waals surface area contributed by atoms with Crippen LogP contribution in [0.3, 0.4) is 0 Å². The van der Waals surface area contributed by atoms with Crippen molar-refractivity contribution < 1.29 is 8.42 Å².